The summed E-state index contributed by atoms with van der Waals surface area (Å²) in [5, 5.41) is 0. The van der Waals surface area contributed by atoms with Gasteiger partial charge in [-0.1, -0.05) is 60.7 Å². The van der Waals surface area contributed by atoms with E-state index in [0.29, 0.717) is 0 Å². The van der Waals surface area contributed by atoms with Crippen LogP contribution in [0.25, 0.3) is 11.0 Å². The van der Waals surface area contributed by atoms with Crippen LogP contribution < -0.4 is 4.90 Å². The van der Waals surface area contributed by atoms with Gasteiger partial charge in [0.25, 0.3) is 0 Å². The Hall–Kier alpha value is -3.07. The maximum absolute atomic E-state index is 5.04. The molecule has 0 radical (unpaired) electrons. The summed E-state index contributed by atoms with van der Waals surface area (Å²) in [5.74, 6) is 1.08. The van der Waals surface area contributed by atoms with Crippen LogP contribution in [0.3, 0.4) is 0 Å². The minimum absolute atomic E-state index is 0.842. The van der Waals surface area contributed by atoms with E-state index in [1.165, 1.54) is 27.8 Å². The molecular weight excluding hydrogens is 330 g/mol. The Labute approximate surface area is 159 Å². The number of anilines is 1. The third-order valence-electron chi connectivity index (χ3n) is 5.48. The molecule has 3 aromatic carbocycles. The number of hydrogen-bond acceptors (Lipinski definition) is 2. The van der Waals surface area contributed by atoms with Crippen LogP contribution in [0, 0.1) is 6.92 Å². The Morgan fingerprint density at radius 2 is 1.67 bits per heavy atom. The van der Waals surface area contributed by atoms with Crippen LogP contribution in [-0.4, -0.2) is 16.1 Å². The quantitative estimate of drug-likeness (QED) is 0.519. The molecule has 1 aliphatic rings. The second-order valence-electron chi connectivity index (χ2n) is 7.42. The molecule has 5 rings (SSSR count). The summed E-state index contributed by atoms with van der Waals surface area (Å²) in [6.45, 7) is 4.92. The summed E-state index contributed by atoms with van der Waals surface area (Å²) in [5.41, 5.74) is 7.75. The maximum Gasteiger partial charge on any atom is 0.207 e. The molecule has 1 aromatic heterocycles. The van der Waals surface area contributed by atoms with Crippen LogP contribution in [0.4, 0.5) is 5.95 Å². The number of aromatic nitrogens is 2. The Balaban J connectivity index is 1.60. The van der Waals surface area contributed by atoms with Gasteiger partial charge in [0.05, 0.1) is 17.6 Å². The van der Waals surface area contributed by atoms with E-state index in [0.717, 1.165) is 37.5 Å². The Morgan fingerprint density at radius 1 is 0.889 bits per heavy atom. The van der Waals surface area contributed by atoms with Crippen LogP contribution in [0.1, 0.15) is 22.3 Å². The van der Waals surface area contributed by atoms with Crippen molar-refractivity contribution in [2.45, 2.75) is 26.4 Å². The van der Waals surface area contributed by atoms with Gasteiger partial charge in [0.1, 0.15) is 0 Å². The molecule has 0 atom stereocenters. The highest BCUT2D eigenvalue weighted by Gasteiger charge is 2.22. The first kappa shape index (κ1) is 16.1. The van der Waals surface area contributed by atoms with Gasteiger partial charge in [-0.2, -0.15) is 0 Å². The second kappa shape index (κ2) is 6.58. The summed E-state index contributed by atoms with van der Waals surface area (Å²) < 4.78 is 2.38. The van der Waals surface area contributed by atoms with Crippen molar-refractivity contribution in [2.24, 2.45) is 0 Å². The number of aryl methyl sites for hydroxylation is 1. The van der Waals surface area contributed by atoms with Gasteiger partial charge in [-0.15, -0.1) is 0 Å². The van der Waals surface area contributed by atoms with E-state index in [9.17, 15) is 0 Å². The largest absolute Gasteiger partial charge is 0.338 e. The monoisotopic (exact) mass is 353 g/mol. The smallest absolute Gasteiger partial charge is 0.207 e. The lowest BCUT2D eigenvalue weighted by Crippen LogP contribution is -2.32. The summed E-state index contributed by atoms with van der Waals surface area (Å²) >= 11 is 0. The molecule has 3 heteroatoms. The highest BCUT2D eigenvalue weighted by atomic mass is 15.3. The normalized spacial score (nSPS) is 13.7. The molecule has 0 unspecified atom stereocenters. The predicted octanol–water partition coefficient (Wildman–Crippen LogP) is 4.96. The van der Waals surface area contributed by atoms with Gasteiger partial charge in [-0.05, 0) is 47.7 Å². The molecule has 1 aliphatic heterocycles. The fraction of sp³-hybridized carbons (Fsp3) is 0.208. The van der Waals surface area contributed by atoms with Crippen LogP contribution in [-0.2, 0) is 19.5 Å². The molecule has 4 aromatic rings. The van der Waals surface area contributed by atoms with E-state index in [1.54, 1.807) is 0 Å². The number of fused-ring (bicyclic) bond motifs is 2. The van der Waals surface area contributed by atoms with Gasteiger partial charge in [0, 0.05) is 13.1 Å². The number of imidazole rings is 1. The maximum atomic E-state index is 5.04. The zero-order chi connectivity index (χ0) is 18.2. The van der Waals surface area contributed by atoms with Crippen LogP contribution >= 0.6 is 0 Å². The average molecular weight is 353 g/mol. The van der Waals surface area contributed by atoms with E-state index >= 15 is 0 Å². The molecule has 0 amide bonds. The number of rotatable bonds is 3. The first-order valence-corrected chi connectivity index (χ1v) is 9.60. The standard InChI is InChI=1S/C24H23N3/c1-18-11-12-22-23(15-18)27(16-19-7-3-2-4-8-19)24(25-22)26-14-13-20-9-5-6-10-21(20)17-26/h2-12,15H,13-14,16-17H2,1H3. The first-order valence-electron chi connectivity index (χ1n) is 9.60. The van der Waals surface area contributed by atoms with Gasteiger partial charge in [0.15, 0.2) is 0 Å². The number of nitrogens with zero attached hydrogens (tertiary/aromatic N) is 3. The van der Waals surface area contributed by atoms with Crippen molar-refractivity contribution in [2.75, 3.05) is 11.4 Å². The van der Waals surface area contributed by atoms with Crippen molar-refractivity contribution in [1.82, 2.24) is 9.55 Å². The van der Waals surface area contributed by atoms with Crippen molar-refractivity contribution in [3.8, 4) is 0 Å². The number of benzene rings is 3. The second-order valence-corrected chi connectivity index (χ2v) is 7.42. The summed E-state index contributed by atoms with van der Waals surface area (Å²) in [4.78, 5) is 7.47. The fourth-order valence-corrected chi connectivity index (χ4v) is 4.05. The van der Waals surface area contributed by atoms with Gasteiger partial charge >= 0.3 is 0 Å². The van der Waals surface area contributed by atoms with Crippen LogP contribution in [0.2, 0.25) is 0 Å². The summed E-state index contributed by atoms with van der Waals surface area (Å²) in [6, 6.07) is 26.0. The SMILES string of the molecule is Cc1ccc2nc(N3CCc4ccccc4C3)n(Cc3ccccc3)c2c1. The minimum Gasteiger partial charge on any atom is -0.338 e. The third-order valence-corrected chi connectivity index (χ3v) is 5.48. The molecule has 0 aliphatic carbocycles. The van der Waals surface area contributed by atoms with Crippen LogP contribution in [0.5, 0.6) is 0 Å². The zero-order valence-corrected chi connectivity index (χ0v) is 15.6. The lowest BCUT2D eigenvalue weighted by molar-refractivity contribution is 0.677. The average Bonchev–Trinajstić information content (AvgIpc) is 3.06. The predicted molar refractivity (Wildman–Crippen MR) is 111 cm³/mol. The van der Waals surface area contributed by atoms with E-state index in [1.807, 2.05) is 0 Å². The van der Waals surface area contributed by atoms with E-state index in [-0.39, 0.29) is 0 Å². The third kappa shape index (κ3) is 2.99. The molecule has 0 bridgehead atoms. The van der Waals surface area contributed by atoms with Gasteiger partial charge < -0.3 is 9.47 Å². The van der Waals surface area contributed by atoms with E-state index < -0.39 is 0 Å². The van der Waals surface area contributed by atoms with Crippen molar-refractivity contribution in [3.63, 3.8) is 0 Å². The molecule has 3 nitrogen and oxygen atoms in total. The molecule has 0 fully saturated rings. The Morgan fingerprint density at radius 3 is 2.52 bits per heavy atom. The summed E-state index contributed by atoms with van der Waals surface area (Å²) in [7, 11) is 0. The van der Waals surface area contributed by atoms with Crippen LogP contribution in [0.15, 0.2) is 72.8 Å². The molecule has 2 heterocycles. The van der Waals surface area contributed by atoms with Crippen molar-refractivity contribution < 1.29 is 0 Å². The molecular formula is C24H23N3. The number of hydrogen-bond donors (Lipinski definition) is 0. The molecule has 0 saturated heterocycles. The van der Waals surface area contributed by atoms with Gasteiger partial charge in [-0.3, -0.25) is 0 Å². The van der Waals surface area contributed by atoms with Gasteiger partial charge in [-0.25, -0.2) is 4.98 Å². The topological polar surface area (TPSA) is 21.1 Å². The fourth-order valence-electron chi connectivity index (χ4n) is 4.05. The van der Waals surface area contributed by atoms with Crippen molar-refractivity contribution >= 4 is 17.0 Å². The highest BCUT2D eigenvalue weighted by molar-refractivity contribution is 5.80. The Bertz CT molecular complexity index is 1100. The van der Waals surface area contributed by atoms with E-state index in [4.69, 9.17) is 4.98 Å². The molecule has 0 saturated carbocycles. The highest BCUT2D eigenvalue weighted by Crippen LogP contribution is 2.29. The summed E-state index contributed by atoms with van der Waals surface area (Å²) in [6.07, 6.45) is 1.07. The molecule has 134 valence electrons. The molecule has 0 N–H and O–H groups in total. The molecule has 0 spiro atoms. The van der Waals surface area contributed by atoms with E-state index in [2.05, 4.69) is 89.2 Å². The van der Waals surface area contributed by atoms with Crippen molar-refractivity contribution in [1.29, 1.82) is 0 Å². The minimum atomic E-state index is 0.842. The first-order chi connectivity index (χ1) is 13.3. The zero-order valence-electron chi connectivity index (χ0n) is 15.6. The Kier molecular flexibility index (Phi) is 3.93. The molecule has 27 heavy (non-hydrogen) atoms. The lowest BCUT2D eigenvalue weighted by atomic mass is 10.0. The van der Waals surface area contributed by atoms with Gasteiger partial charge in [0.2, 0.25) is 5.95 Å². The lowest BCUT2D eigenvalue weighted by Gasteiger charge is -2.30. The van der Waals surface area contributed by atoms with Crippen molar-refractivity contribution in [3.05, 3.63) is 95.1 Å².